The van der Waals surface area contributed by atoms with E-state index in [9.17, 15) is 0 Å². The Morgan fingerprint density at radius 3 is 1.33 bits per heavy atom. The molecule has 0 rings (SSSR count). The summed E-state index contributed by atoms with van der Waals surface area (Å²) in [7, 11) is -2.11. The Morgan fingerprint density at radius 1 is 0.917 bits per heavy atom. The molecule has 0 unspecified atom stereocenters. The number of nitrogens with zero attached hydrogens (tertiary/aromatic N) is 1. The number of halogens is 1. The molecule has 74 valence electrons. The standard InChI is InChI=1S/C8H22INSi2/c1-11(2,3)10(8-7-9)12(4,5)6/h7-8H2,1-6H3. The van der Waals surface area contributed by atoms with E-state index in [-0.39, 0.29) is 0 Å². The molecule has 0 aromatic rings. The van der Waals surface area contributed by atoms with Gasteiger partial charge in [0.15, 0.2) is 0 Å². The number of alkyl halides is 1. The zero-order chi connectivity index (χ0) is 9.99. The van der Waals surface area contributed by atoms with E-state index in [4.69, 9.17) is 0 Å². The van der Waals surface area contributed by atoms with Crippen LogP contribution in [0.4, 0.5) is 0 Å². The van der Waals surface area contributed by atoms with Crippen molar-refractivity contribution >= 4 is 39.1 Å². The van der Waals surface area contributed by atoms with Gasteiger partial charge in [0.05, 0.1) is 0 Å². The van der Waals surface area contributed by atoms with Gasteiger partial charge < -0.3 is 4.23 Å². The van der Waals surface area contributed by atoms with Crippen molar-refractivity contribution in [3.63, 3.8) is 0 Å². The summed E-state index contributed by atoms with van der Waals surface area (Å²) in [4.78, 5) is 0. The van der Waals surface area contributed by atoms with Gasteiger partial charge in [-0.2, -0.15) is 0 Å². The second-order valence-corrected chi connectivity index (χ2v) is 16.5. The average molecular weight is 315 g/mol. The molecule has 12 heavy (non-hydrogen) atoms. The number of hydrogen-bond donors (Lipinski definition) is 0. The van der Waals surface area contributed by atoms with Gasteiger partial charge in [-0.25, -0.2) is 0 Å². The molecule has 0 aromatic heterocycles. The van der Waals surface area contributed by atoms with E-state index in [0.29, 0.717) is 0 Å². The predicted molar refractivity (Wildman–Crippen MR) is 72.3 cm³/mol. The van der Waals surface area contributed by atoms with Crippen LogP contribution in [0.2, 0.25) is 39.3 Å². The average Bonchev–Trinajstić information content (AvgIpc) is 1.77. The maximum atomic E-state index is 2.83. The van der Waals surface area contributed by atoms with E-state index >= 15 is 0 Å². The first-order chi connectivity index (χ1) is 5.19. The van der Waals surface area contributed by atoms with Crippen molar-refractivity contribution in [1.29, 1.82) is 0 Å². The summed E-state index contributed by atoms with van der Waals surface area (Å²) >= 11 is 2.49. The summed E-state index contributed by atoms with van der Waals surface area (Å²) in [5, 5.41) is 0. The summed E-state index contributed by atoms with van der Waals surface area (Å²) in [5.74, 6) is 0. The van der Waals surface area contributed by atoms with Crippen LogP contribution in [0.1, 0.15) is 0 Å². The maximum absolute atomic E-state index is 2.83. The Hall–Kier alpha value is 1.12. The first kappa shape index (κ1) is 13.1. The molecule has 0 heterocycles. The minimum absolute atomic E-state index is 1.05. The molecule has 0 aliphatic rings. The lowest BCUT2D eigenvalue weighted by Gasteiger charge is -2.43. The zero-order valence-electron chi connectivity index (χ0n) is 9.24. The Labute approximate surface area is 93.2 Å². The van der Waals surface area contributed by atoms with Crippen LogP contribution in [0.3, 0.4) is 0 Å². The van der Waals surface area contributed by atoms with E-state index < -0.39 is 16.5 Å². The van der Waals surface area contributed by atoms with Gasteiger partial charge in [-0.05, 0) is 6.54 Å². The van der Waals surface area contributed by atoms with E-state index in [1.807, 2.05) is 0 Å². The normalized spacial score (nSPS) is 14.0. The third-order valence-electron chi connectivity index (χ3n) is 1.93. The first-order valence-corrected chi connectivity index (χ1v) is 13.0. The molecule has 4 heteroatoms. The molecule has 0 aliphatic heterocycles. The summed E-state index contributed by atoms with van der Waals surface area (Å²) in [6, 6.07) is 0. The molecular formula is C8H22INSi2. The molecular weight excluding hydrogens is 293 g/mol. The van der Waals surface area contributed by atoms with Crippen LogP contribution >= 0.6 is 22.6 Å². The predicted octanol–water partition coefficient (Wildman–Crippen LogP) is 3.39. The van der Waals surface area contributed by atoms with Crippen LogP contribution in [0.5, 0.6) is 0 Å². The summed E-state index contributed by atoms with van der Waals surface area (Å²) in [5.41, 5.74) is 0. The minimum Gasteiger partial charge on any atom is -0.345 e. The Morgan fingerprint density at radius 2 is 1.25 bits per heavy atom. The summed E-state index contributed by atoms with van der Waals surface area (Å²) in [6.45, 7) is 16.0. The monoisotopic (exact) mass is 315 g/mol. The number of rotatable bonds is 4. The van der Waals surface area contributed by atoms with Crippen LogP contribution in [-0.4, -0.2) is 31.7 Å². The lowest BCUT2D eigenvalue weighted by Crippen LogP contribution is -2.59. The molecule has 0 atom stereocenters. The highest BCUT2D eigenvalue weighted by Crippen LogP contribution is 2.19. The van der Waals surface area contributed by atoms with Gasteiger partial charge in [0, 0.05) is 4.43 Å². The molecule has 0 aromatic carbocycles. The molecule has 0 saturated heterocycles. The van der Waals surface area contributed by atoms with Crippen molar-refractivity contribution in [1.82, 2.24) is 4.23 Å². The molecule has 1 nitrogen and oxygen atoms in total. The molecule has 0 aliphatic carbocycles. The van der Waals surface area contributed by atoms with Gasteiger partial charge in [-0.15, -0.1) is 0 Å². The highest BCUT2D eigenvalue weighted by atomic mass is 127. The van der Waals surface area contributed by atoms with Crippen molar-refractivity contribution in [3.05, 3.63) is 0 Å². The number of hydrogen-bond acceptors (Lipinski definition) is 1. The fourth-order valence-electron chi connectivity index (χ4n) is 1.76. The van der Waals surface area contributed by atoms with Gasteiger partial charge in [0.25, 0.3) is 0 Å². The zero-order valence-corrected chi connectivity index (χ0v) is 13.4. The summed E-state index contributed by atoms with van der Waals surface area (Å²) in [6.07, 6.45) is 0. The van der Waals surface area contributed by atoms with Crippen molar-refractivity contribution in [3.8, 4) is 0 Å². The van der Waals surface area contributed by atoms with Gasteiger partial charge >= 0.3 is 0 Å². The Balaban J connectivity index is 4.45. The third-order valence-corrected chi connectivity index (χ3v) is 10.1. The van der Waals surface area contributed by atoms with Crippen LogP contribution in [0.25, 0.3) is 0 Å². The van der Waals surface area contributed by atoms with Crippen LogP contribution in [0.15, 0.2) is 0 Å². The highest BCUT2D eigenvalue weighted by molar-refractivity contribution is 14.1. The smallest absolute Gasteiger partial charge is 0.112 e. The molecule has 0 fully saturated rings. The van der Waals surface area contributed by atoms with Crippen molar-refractivity contribution in [2.45, 2.75) is 39.3 Å². The second-order valence-electron chi connectivity index (χ2n) is 5.18. The van der Waals surface area contributed by atoms with Gasteiger partial charge in [-0.3, -0.25) is 0 Å². The molecule has 0 saturated carbocycles. The lowest BCUT2D eigenvalue weighted by molar-refractivity contribution is 0.661. The first-order valence-electron chi connectivity index (χ1n) is 4.53. The van der Waals surface area contributed by atoms with Crippen LogP contribution < -0.4 is 0 Å². The van der Waals surface area contributed by atoms with E-state index in [0.717, 1.165) is 0 Å². The minimum atomic E-state index is -1.05. The van der Waals surface area contributed by atoms with Gasteiger partial charge in [0.1, 0.15) is 16.5 Å². The third kappa shape index (κ3) is 4.39. The topological polar surface area (TPSA) is 3.24 Å². The maximum Gasteiger partial charge on any atom is 0.112 e. The lowest BCUT2D eigenvalue weighted by atomic mass is 10.8. The Bertz CT molecular complexity index is 123. The quantitative estimate of drug-likeness (QED) is 0.437. The molecule has 0 bridgehead atoms. The second kappa shape index (κ2) is 4.57. The molecule has 0 N–H and O–H groups in total. The molecule has 0 spiro atoms. The largest absolute Gasteiger partial charge is 0.345 e. The fraction of sp³-hybridized carbons (Fsp3) is 1.00. The van der Waals surface area contributed by atoms with E-state index in [2.05, 4.69) is 66.1 Å². The van der Waals surface area contributed by atoms with Crippen molar-refractivity contribution in [2.75, 3.05) is 11.0 Å². The summed E-state index contributed by atoms with van der Waals surface area (Å²) < 4.78 is 4.10. The SMILES string of the molecule is C[Si](C)(C)N(CCI)[Si](C)(C)C. The molecule has 0 radical (unpaired) electrons. The van der Waals surface area contributed by atoms with Crippen LogP contribution in [-0.2, 0) is 0 Å². The van der Waals surface area contributed by atoms with Crippen molar-refractivity contribution < 1.29 is 0 Å². The van der Waals surface area contributed by atoms with Gasteiger partial charge in [0.2, 0.25) is 0 Å². The van der Waals surface area contributed by atoms with E-state index in [1.165, 1.54) is 11.0 Å². The molecule has 0 amide bonds. The Kier molecular flexibility index (Phi) is 4.99. The fourth-order valence-corrected chi connectivity index (χ4v) is 12.8. The van der Waals surface area contributed by atoms with Gasteiger partial charge in [-0.1, -0.05) is 61.9 Å². The van der Waals surface area contributed by atoms with Crippen LogP contribution in [0, 0.1) is 0 Å². The van der Waals surface area contributed by atoms with E-state index in [1.54, 1.807) is 0 Å². The highest BCUT2D eigenvalue weighted by Gasteiger charge is 2.33. The van der Waals surface area contributed by atoms with Crippen molar-refractivity contribution in [2.24, 2.45) is 0 Å².